The van der Waals surface area contributed by atoms with Gasteiger partial charge in [-0.15, -0.1) is 0 Å². The van der Waals surface area contributed by atoms with Crippen molar-refractivity contribution in [2.24, 2.45) is 11.1 Å². The average Bonchev–Trinajstić information content (AvgIpc) is 3.35. The molecule has 4 saturated heterocycles. The molecule has 1 unspecified atom stereocenters. The van der Waals surface area contributed by atoms with E-state index in [9.17, 15) is 19.5 Å². The smallest absolute Gasteiger partial charge is 0.407 e. The summed E-state index contributed by atoms with van der Waals surface area (Å²) in [5, 5.41) is 12.5. The lowest BCUT2D eigenvalue weighted by Crippen LogP contribution is -2.49. The number of nitrogens with zero attached hydrogens (tertiary/aromatic N) is 7. The molecule has 1 aromatic carbocycles. The van der Waals surface area contributed by atoms with Gasteiger partial charge in [0.2, 0.25) is 0 Å². The molecule has 1 atom stereocenters. The number of primary amides is 1. The number of nitrogens with two attached hydrogens (primary N) is 1. The number of anilines is 4. The lowest BCUT2D eigenvalue weighted by molar-refractivity contribution is 0.0736. The molecule has 0 radical (unpaired) electrons. The van der Waals surface area contributed by atoms with E-state index < -0.39 is 12.0 Å². The van der Waals surface area contributed by atoms with Gasteiger partial charge < -0.3 is 40.7 Å². The number of aromatic nitrogens is 2. The largest absolute Gasteiger partial charge is 0.465 e. The lowest BCUT2D eigenvalue weighted by atomic mass is 9.71. The average molecular weight is 592 g/mol. The minimum atomic E-state index is -0.815. The minimum absolute atomic E-state index is 0.0675. The highest BCUT2D eigenvalue weighted by atomic mass is 16.4. The number of rotatable bonds is 6. The van der Waals surface area contributed by atoms with Crippen molar-refractivity contribution in [1.29, 1.82) is 0 Å². The van der Waals surface area contributed by atoms with Gasteiger partial charge in [-0.05, 0) is 68.2 Å². The van der Waals surface area contributed by atoms with Crippen molar-refractivity contribution >= 4 is 41.0 Å². The fourth-order valence-electron chi connectivity index (χ4n) is 7.03. The second-order valence-corrected chi connectivity index (χ2v) is 12.4. The Morgan fingerprint density at radius 3 is 2.30 bits per heavy atom. The van der Waals surface area contributed by atoms with Gasteiger partial charge in [-0.1, -0.05) is 0 Å². The maximum atomic E-state index is 12.6. The van der Waals surface area contributed by atoms with Crippen LogP contribution >= 0.6 is 0 Å². The first kappa shape index (κ1) is 28.8. The van der Waals surface area contributed by atoms with Crippen molar-refractivity contribution in [3.05, 3.63) is 36.2 Å². The van der Waals surface area contributed by atoms with Gasteiger partial charge in [0.1, 0.15) is 5.82 Å². The molecule has 13 heteroatoms. The van der Waals surface area contributed by atoms with Crippen molar-refractivity contribution in [2.45, 2.75) is 44.6 Å². The number of carbonyl (C=O) groups excluding carboxylic acids is 2. The summed E-state index contributed by atoms with van der Waals surface area (Å²) >= 11 is 0. The van der Waals surface area contributed by atoms with Gasteiger partial charge in [0.25, 0.3) is 5.91 Å². The van der Waals surface area contributed by atoms with E-state index in [1.165, 1.54) is 4.90 Å². The highest BCUT2D eigenvalue weighted by Crippen LogP contribution is 2.42. The van der Waals surface area contributed by atoms with E-state index in [1.54, 1.807) is 11.1 Å². The molecule has 5 heterocycles. The molecule has 1 aromatic heterocycles. The predicted molar refractivity (Wildman–Crippen MR) is 163 cm³/mol. The Labute approximate surface area is 251 Å². The second kappa shape index (κ2) is 11.8. The van der Waals surface area contributed by atoms with Crippen molar-refractivity contribution in [3.63, 3.8) is 0 Å². The lowest BCUT2D eigenvalue weighted by Gasteiger charge is -2.46. The molecule has 4 fully saturated rings. The van der Waals surface area contributed by atoms with Crippen LogP contribution in [0.25, 0.3) is 0 Å². The number of hydrogen-bond acceptors (Lipinski definition) is 8. The Morgan fingerprint density at radius 2 is 1.67 bits per heavy atom. The molecule has 230 valence electrons. The summed E-state index contributed by atoms with van der Waals surface area (Å²) in [5.41, 5.74) is 7.87. The third-order valence-electron chi connectivity index (χ3n) is 9.82. The van der Waals surface area contributed by atoms with E-state index in [2.05, 4.69) is 32.2 Å². The first-order valence-electron chi connectivity index (χ1n) is 15.2. The van der Waals surface area contributed by atoms with E-state index in [4.69, 9.17) is 10.7 Å². The SMILES string of the molecule is CN1CCN(C2CCCN(c3cnc(C(N)=O)c(Nc4ccc(N5CCC6(CCN(C(=O)O)CC6)CC5)cc4)n3)C2)C1=O. The summed E-state index contributed by atoms with van der Waals surface area (Å²) in [5.74, 6) is 0.298. The molecule has 4 N–H and O–H groups in total. The van der Waals surface area contributed by atoms with Crippen LogP contribution < -0.4 is 20.9 Å². The van der Waals surface area contributed by atoms with Gasteiger partial charge in [0.15, 0.2) is 11.5 Å². The normalized spacial score (nSPS) is 22.3. The number of urea groups is 1. The third-order valence-corrected chi connectivity index (χ3v) is 9.82. The number of likely N-dealkylation sites (N-methyl/N-ethyl adjacent to an activating group) is 1. The zero-order valence-corrected chi connectivity index (χ0v) is 24.7. The van der Waals surface area contributed by atoms with Gasteiger partial charge in [-0.25, -0.2) is 19.6 Å². The van der Waals surface area contributed by atoms with Crippen molar-refractivity contribution in [3.8, 4) is 0 Å². The third kappa shape index (κ3) is 5.98. The first-order valence-corrected chi connectivity index (χ1v) is 15.2. The molecule has 0 aliphatic carbocycles. The number of benzene rings is 1. The van der Waals surface area contributed by atoms with Gasteiger partial charge in [-0.3, -0.25) is 4.79 Å². The summed E-state index contributed by atoms with van der Waals surface area (Å²) in [7, 11) is 1.83. The van der Waals surface area contributed by atoms with Crippen LogP contribution in [0.5, 0.6) is 0 Å². The van der Waals surface area contributed by atoms with Crippen molar-refractivity contribution in [2.75, 3.05) is 74.5 Å². The molecule has 4 aliphatic heterocycles. The van der Waals surface area contributed by atoms with Crippen LogP contribution in [0, 0.1) is 5.41 Å². The molecule has 6 rings (SSSR count). The molecule has 43 heavy (non-hydrogen) atoms. The molecule has 0 bridgehead atoms. The standard InChI is InChI=1S/C30H41N9O4/c1-35-17-18-39(28(35)41)23-3-2-12-38(20-23)24-19-32-25(26(31)40)27(34-24)33-21-4-6-22(7-5-21)36-13-8-30(9-14-36)10-15-37(16-11-30)29(42)43/h4-7,19,23H,2-3,8-18,20H2,1H3,(H2,31,40)(H,33,34)(H,42,43). The van der Waals surface area contributed by atoms with Gasteiger partial charge in [0, 0.05) is 70.8 Å². The molecule has 1 spiro atoms. The van der Waals surface area contributed by atoms with Gasteiger partial charge >= 0.3 is 12.1 Å². The Balaban J connectivity index is 1.10. The minimum Gasteiger partial charge on any atom is -0.465 e. The first-order chi connectivity index (χ1) is 20.7. The highest BCUT2D eigenvalue weighted by Gasteiger charge is 2.39. The van der Waals surface area contributed by atoms with Crippen LogP contribution in [0.3, 0.4) is 0 Å². The Morgan fingerprint density at radius 1 is 0.977 bits per heavy atom. The van der Waals surface area contributed by atoms with Crippen LogP contribution in [-0.2, 0) is 0 Å². The fraction of sp³-hybridized carbons (Fsp3) is 0.567. The summed E-state index contributed by atoms with van der Waals surface area (Å²) in [4.78, 5) is 55.0. The molecule has 2 aromatic rings. The molecular weight excluding hydrogens is 550 g/mol. The number of carbonyl (C=O) groups is 3. The Bertz CT molecular complexity index is 1350. The van der Waals surface area contributed by atoms with E-state index in [0.717, 1.165) is 82.6 Å². The Hall–Kier alpha value is -4.29. The van der Waals surface area contributed by atoms with Crippen molar-refractivity contribution in [1.82, 2.24) is 24.7 Å². The summed E-state index contributed by atoms with van der Waals surface area (Å²) in [6, 6.07) is 8.24. The van der Waals surface area contributed by atoms with Crippen LogP contribution in [0.1, 0.15) is 49.0 Å². The molecule has 13 nitrogen and oxygen atoms in total. The maximum Gasteiger partial charge on any atom is 0.407 e. The monoisotopic (exact) mass is 591 g/mol. The summed E-state index contributed by atoms with van der Waals surface area (Å²) in [6.07, 6.45) is 6.64. The number of carboxylic acid groups (broad SMARTS) is 1. The Kier molecular flexibility index (Phi) is 7.89. The van der Waals surface area contributed by atoms with Crippen LogP contribution in [0.15, 0.2) is 30.5 Å². The molecule has 0 saturated carbocycles. The zero-order valence-electron chi connectivity index (χ0n) is 24.7. The number of amides is 4. The van der Waals surface area contributed by atoms with Crippen LogP contribution in [0.4, 0.5) is 32.6 Å². The van der Waals surface area contributed by atoms with Gasteiger partial charge in [-0.2, -0.15) is 0 Å². The predicted octanol–water partition coefficient (Wildman–Crippen LogP) is 3.02. The number of hydrogen-bond donors (Lipinski definition) is 3. The molecule has 4 aliphatic rings. The summed E-state index contributed by atoms with van der Waals surface area (Å²) in [6.45, 7) is 6.05. The zero-order chi connectivity index (χ0) is 30.1. The van der Waals surface area contributed by atoms with E-state index in [1.807, 2.05) is 24.1 Å². The fourth-order valence-corrected chi connectivity index (χ4v) is 7.03. The number of nitrogens with one attached hydrogen (secondary N) is 1. The van der Waals surface area contributed by atoms with Crippen molar-refractivity contribution < 1.29 is 19.5 Å². The van der Waals surface area contributed by atoms with E-state index in [-0.39, 0.29) is 23.2 Å². The van der Waals surface area contributed by atoms with Crippen LogP contribution in [0.2, 0.25) is 0 Å². The quantitative estimate of drug-likeness (QED) is 0.460. The second-order valence-electron chi connectivity index (χ2n) is 12.4. The number of piperidine rings is 3. The van der Waals surface area contributed by atoms with Gasteiger partial charge in [0.05, 0.1) is 12.2 Å². The van der Waals surface area contributed by atoms with E-state index >= 15 is 0 Å². The molecular formula is C30H41N9O4. The maximum absolute atomic E-state index is 12.6. The van der Waals surface area contributed by atoms with Crippen LogP contribution in [-0.4, -0.2) is 113 Å². The number of likely N-dealkylation sites (tertiary alicyclic amines) is 1. The molecule has 4 amide bonds. The highest BCUT2D eigenvalue weighted by molar-refractivity contribution is 5.96. The topological polar surface area (TPSA) is 151 Å². The van der Waals surface area contributed by atoms with E-state index in [0.29, 0.717) is 31.3 Å². The summed E-state index contributed by atoms with van der Waals surface area (Å²) < 4.78 is 0.